The number of amides is 2. The van der Waals surface area contributed by atoms with Crippen molar-refractivity contribution in [3.05, 3.63) is 52.5 Å². The first-order valence-corrected chi connectivity index (χ1v) is 9.55. The molecular weight excluding hydrogens is 334 g/mol. The molecule has 1 spiro atoms. The lowest BCUT2D eigenvalue weighted by Gasteiger charge is -2.41. The number of nitrogens with zero attached hydrogens (tertiary/aromatic N) is 2. The van der Waals surface area contributed by atoms with Gasteiger partial charge in [0.05, 0.1) is 10.8 Å². The Morgan fingerprint density at radius 3 is 2.84 bits per heavy atom. The molecule has 3 heterocycles. The van der Waals surface area contributed by atoms with Gasteiger partial charge in [-0.3, -0.25) is 14.6 Å². The minimum Gasteiger partial charge on any atom is -0.352 e. The van der Waals surface area contributed by atoms with Crippen LogP contribution in [0.2, 0.25) is 0 Å². The molecule has 2 aromatic rings. The van der Waals surface area contributed by atoms with Crippen LogP contribution in [0.15, 0.2) is 42.0 Å². The van der Waals surface area contributed by atoms with E-state index in [9.17, 15) is 9.59 Å². The highest BCUT2D eigenvalue weighted by Gasteiger charge is 2.54. The summed E-state index contributed by atoms with van der Waals surface area (Å²) >= 11 is 1.46. The van der Waals surface area contributed by atoms with Gasteiger partial charge in [0.2, 0.25) is 5.91 Å². The van der Waals surface area contributed by atoms with Crippen LogP contribution >= 0.6 is 11.3 Å². The van der Waals surface area contributed by atoms with E-state index in [0.29, 0.717) is 19.6 Å². The van der Waals surface area contributed by atoms with Gasteiger partial charge >= 0.3 is 0 Å². The van der Waals surface area contributed by atoms with E-state index in [4.69, 9.17) is 0 Å². The van der Waals surface area contributed by atoms with Crippen LogP contribution in [-0.4, -0.2) is 34.8 Å². The standard InChI is InChI=1S/C19H21N3O2S/c23-17(21-11-14-4-1-8-20-10-14)15-12-22(13-19(15)6-3-7-19)18(24)16-5-2-9-25-16/h1-2,4-5,8-10,15H,3,6-7,11-13H2,(H,21,23). The predicted octanol–water partition coefficient (Wildman–Crippen LogP) is 2.70. The fourth-order valence-corrected chi connectivity index (χ4v) is 4.68. The topological polar surface area (TPSA) is 62.3 Å². The molecule has 1 saturated heterocycles. The van der Waals surface area contributed by atoms with E-state index in [-0.39, 0.29) is 23.1 Å². The maximum atomic E-state index is 12.8. The number of carbonyl (C=O) groups excluding carboxylic acids is 2. The number of carbonyl (C=O) groups is 2. The highest BCUT2D eigenvalue weighted by Crippen LogP contribution is 2.52. The van der Waals surface area contributed by atoms with Crippen LogP contribution in [0.1, 0.15) is 34.5 Å². The lowest BCUT2D eigenvalue weighted by atomic mass is 9.62. The summed E-state index contributed by atoms with van der Waals surface area (Å²) in [4.78, 5) is 32.2. The number of aromatic nitrogens is 1. The number of likely N-dealkylation sites (tertiary alicyclic amines) is 1. The second kappa shape index (κ2) is 6.59. The van der Waals surface area contributed by atoms with Crippen molar-refractivity contribution in [1.82, 2.24) is 15.2 Å². The Kier molecular flexibility index (Phi) is 4.29. The molecule has 0 bridgehead atoms. The van der Waals surface area contributed by atoms with Crippen LogP contribution in [0.25, 0.3) is 0 Å². The zero-order valence-corrected chi connectivity index (χ0v) is 14.8. The van der Waals surface area contributed by atoms with Gasteiger partial charge in [-0.1, -0.05) is 18.6 Å². The highest BCUT2D eigenvalue weighted by atomic mass is 32.1. The Bertz CT molecular complexity index is 756. The third kappa shape index (κ3) is 3.06. The summed E-state index contributed by atoms with van der Waals surface area (Å²) in [7, 11) is 0. The van der Waals surface area contributed by atoms with Crippen LogP contribution in [0.4, 0.5) is 0 Å². The van der Waals surface area contributed by atoms with E-state index in [0.717, 1.165) is 29.7 Å². The van der Waals surface area contributed by atoms with E-state index in [1.807, 2.05) is 34.5 Å². The smallest absolute Gasteiger partial charge is 0.263 e. The SMILES string of the molecule is O=C(NCc1cccnc1)C1CN(C(=O)c2cccs2)CC12CCC2. The van der Waals surface area contributed by atoms with Gasteiger partial charge in [-0.25, -0.2) is 0 Å². The molecule has 1 unspecified atom stereocenters. The fraction of sp³-hybridized carbons (Fsp3) is 0.421. The zero-order valence-electron chi connectivity index (χ0n) is 14.0. The molecule has 0 radical (unpaired) electrons. The van der Waals surface area contributed by atoms with Gasteiger partial charge in [-0.2, -0.15) is 0 Å². The van der Waals surface area contributed by atoms with Crippen molar-refractivity contribution in [2.75, 3.05) is 13.1 Å². The molecule has 2 aliphatic rings. The van der Waals surface area contributed by atoms with E-state index in [2.05, 4.69) is 10.3 Å². The van der Waals surface area contributed by atoms with Crippen LogP contribution in [0.3, 0.4) is 0 Å². The minimum absolute atomic E-state index is 0.0219. The quantitative estimate of drug-likeness (QED) is 0.917. The number of hydrogen-bond donors (Lipinski definition) is 1. The Balaban J connectivity index is 1.44. The second-order valence-corrected chi connectivity index (χ2v) is 7.96. The Labute approximate surface area is 151 Å². The van der Waals surface area contributed by atoms with Crippen LogP contribution < -0.4 is 5.32 Å². The van der Waals surface area contributed by atoms with Crippen molar-refractivity contribution in [3.8, 4) is 0 Å². The maximum Gasteiger partial charge on any atom is 0.263 e. The first kappa shape index (κ1) is 16.3. The molecule has 1 aliphatic heterocycles. The first-order valence-electron chi connectivity index (χ1n) is 8.67. The molecule has 1 saturated carbocycles. The number of thiophene rings is 1. The van der Waals surface area contributed by atoms with Crippen LogP contribution in [0.5, 0.6) is 0 Å². The zero-order chi connectivity index (χ0) is 17.3. The van der Waals surface area contributed by atoms with Crippen LogP contribution in [-0.2, 0) is 11.3 Å². The van der Waals surface area contributed by atoms with E-state index >= 15 is 0 Å². The molecule has 1 N–H and O–H groups in total. The van der Waals surface area contributed by atoms with Crippen molar-refractivity contribution in [3.63, 3.8) is 0 Å². The summed E-state index contributed by atoms with van der Waals surface area (Å²) in [5.74, 6) is 0.00991. The van der Waals surface area contributed by atoms with Gasteiger partial charge in [-0.15, -0.1) is 11.3 Å². The van der Waals surface area contributed by atoms with Gasteiger partial charge in [-0.05, 0) is 35.9 Å². The Morgan fingerprint density at radius 2 is 2.20 bits per heavy atom. The third-order valence-corrected chi connectivity index (χ3v) is 6.38. The molecule has 5 nitrogen and oxygen atoms in total. The molecule has 0 aromatic carbocycles. The molecule has 25 heavy (non-hydrogen) atoms. The summed E-state index contributed by atoms with van der Waals surface area (Å²) in [5, 5.41) is 4.96. The molecule has 2 amide bonds. The van der Waals surface area contributed by atoms with Crippen molar-refractivity contribution in [1.29, 1.82) is 0 Å². The summed E-state index contributed by atoms with van der Waals surface area (Å²) < 4.78 is 0. The number of hydrogen-bond acceptors (Lipinski definition) is 4. The predicted molar refractivity (Wildman–Crippen MR) is 96.1 cm³/mol. The van der Waals surface area contributed by atoms with Gasteiger partial charge < -0.3 is 10.2 Å². The highest BCUT2D eigenvalue weighted by molar-refractivity contribution is 7.12. The minimum atomic E-state index is -0.109. The van der Waals surface area contributed by atoms with Gasteiger partial charge in [0, 0.05) is 37.4 Å². The molecular formula is C19H21N3O2S. The third-order valence-electron chi connectivity index (χ3n) is 5.52. The van der Waals surface area contributed by atoms with Crippen LogP contribution in [0, 0.1) is 11.3 Å². The average Bonchev–Trinajstić information content (AvgIpc) is 3.27. The van der Waals surface area contributed by atoms with Crippen molar-refractivity contribution < 1.29 is 9.59 Å². The second-order valence-electron chi connectivity index (χ2n) is 7.01. The van der Waals surface area contributed by atoms with Gasteiger partial charge in [0.25, 0.3) is 5.91 Å². The van der Waals surface area contributed by atoms with Gasteiger partial charge in [0.15, 0.2) is 0 Å². The number of pyridine rings is 1. The molecule has 2 fully saturated rings. The Hall–Kier alpha value is -2.21. The molecule has 130 valence electrons. The average molecular weight is 355 g/mol. The van der Waals surface area contributed by atoms with E-state index in [1.165, 1.54) is 11.3 Å². The summed E-state index contributed by atoms with van der Waals surface area (Å²) in [6, 6.07) is 7.57. The number of nitrogens with one attached hydrogen (secondary N) is 1. The lowest BCUT2D eigenvalue weighted by molar-refractivity contribution is -0.129. The number of rotatable bonds is 4. The van der Waals surface area contributed by atoms with E-state index in [1.54, 1.807) is 12.4 Å². The summed E-state index contributed by atoms with van der Waals surface area (Å²) in [6.45, 7) is 1.71. The molecule has 1 aliphatic carbocycles. The molecule has 6 heteroatoms. The lowest BCUT2D eigenvalue weighted by Crippen LogP contribution is -2.45. The maximum absolute atomic E-state index is 12.8. The summed E-state index contributed by atoms with van der Waals surface area (Å²) in [6.07, 6.45) is 6.70. The van der Waals surface area contributed by atoms with Gasteiger partial charge in [0.1, 0.15) is 0 Å². The first-order chi connectivity index (χ1) is 12.2. The summed E-state index contributed by atoms with van der Waals surface area (Å²) in [5.41, 5.74) is 0.967. The Morgan fingerprint density at radius 1 is 1.32 bits per heavy atom. The monoisotopic (exact) mass is 355 g/mol. The molecule has 4 rings (SSSR count). The fourth-order valence-electron chi connectivity index (χ4n) is 3.99. The van der Waals surface area contributed by atoms with Crippen molar-refractivity contribution in [2.45, 2.75) is 25.8 Å². The van der Waals surface area contributed by atoms with Crippen molar-refractivity contribution >= 4 is 23.2 Å². The molecule has 1 atom stereocenters. The normalized spacial score (nSPS) is 21.1. The van der Waals surface area contributed by atoms with E-state index < -0.39 is 0 Å². The van der Waals surface area contributed by atoms with Crippen molar-refractivity contribution in [2.24, 2.45) is 11.3 Å². The molecule has 2 aromatic heterocycles. The largest absolute Gasteiger partial charge is 0.352 e.